The van der Waals surface area contributed by atoms with E-state index in [0.717, 1.165) is 0 Å². The van der Waals surface area contributed by atoms with E-state index >= 15 is 0 Å². The van der Waals surface area contributed by atoms with Gasteiger partial charge in [0.15, 0.2) is 0 Å². The summed E-state index contributed by atoms with van der Waals surface area (Å²) in [7, 11) is 1.50. The number of aromatic nitrogens is 4. The first-order valence-electron chi connectivity index (χ1n) is 2.89. The summed E-state index contributed by atoms with van der Waals surface area (Å²) in [6, 6.07) is 0. The number of methoxy groups -OCH3 is 1. The summed E-state index contributed by atoms with van der Waals surface area (Å²) in [6.07, 6.45) is 1.34. The molecule has 0 aliphatic heterocycles. The summed E-state index contributed by atoms with van der Waals surface area (Å²) in [6.45, 7) is 0. The lowest BCUT2D eigenvalue weighted by Crippen LogP contribution is -1.89. The van der Waals surface area contributed by atoms with E-state index in [1.165, 1.54) is 13.4 Å². The van der Waals surface area contributed by atoms with Crippen molar-refractivity contribution < 1.29 is 9.37 Å². The molecule has 6 heteroatoms. The summed E-state index contributed by atoms with van der Waals surface area (Å²) in [4.78, 5) is 7.59. The van der Waals surface area contributed by atoms with E-state index in [-0.39, 0.29) is 0 Å². The van der Waals surface area contributed by atoms with E-state index in [1.807, 2.05) is 0 Å². The molecule has 6 nitrogen and oxygen atoms in total. The van der Waals surface area contributed by atoms with Crippen LogP contribution in [0.4, 0.5) is 0 Å². The first-order valence-corrected chi connectivity index (χ1v) is 2.89. The van der Waals surface area contributed by atoms with Gasteiger partial charge in [0.2, 0.25) is 17.0 Å². The molecule has 0 aliphatic carbocycles. The molecule has 0 bridgehead atoms. The monoisotopic (exact) mass is 152 g/mol. The van der Waals surface area contributed by atoms with E-state index in [9.17, 15) is 0 Å². The standard InChI is InChI=1S/C5H4N4O2/c1-10-5-3-4(6-2-7-5)9-11-8-3/h2H,1H3. The van der Waals surface area contributed by atoms with E-state index in [0.29, 0.717) is 17.0 Å². The Bertz CT molecular complexity index is 371. The third kappa shape index (κ3) is 0.794. The van der Waals surface area contributed by atoms with Crippen molar-refractivity contribution in [3.63, 3.8) is 0 Å². The van der Waals surface area contributed by atoms with Crippen LogP contribution in [0, 0.1) is 0 Å². The topological polar surface area (TPSA) is 73.9 Å². The molecule has 2 aromatic rings. The molecule has 0 fully saturated rings. The lowest BCUT2D eigenvalue weighted by molar-refractivity contribution is 0.312. The van der Waals surface area contributed by atoms with Crippen LogP contribution >= 0.6 is 0 Å². The van der Waals surface area contributed by atoms with Crippen LogP contribution in [0.2, 0.25) is 0 Å². The summed E-state index contributed by atoms with van der Waals surface area (Å²) >= 11 is 0. The van der Waals surface area contributed by atoms with Gasteiger partial charge in [-0.3, -0.25) is 0 Å². The number of rotatable bonds is 1. The maximum absolute atomic E-state index is 4.87. The third-order valence-corrected chi connectivity index (χ3v) is 1.22. The molecule has 0 radical (unpaired) electrons. The van der Waals surface area contributed by atoms with Gasteiger partial charge in [-0.25, -0.2) is 9.61 Å². The molecule has 2 rings (SSSR count). The van der Waals surface area contributed by atoms with Crippen molar-refractivity contribution in [1.29, 1.82) is 0 Å². The minimum absolute atomic E-state index is 0.372. The Morgan fingerprint density at radius 1 is 1.36 bits per heavy atom. The summed E-state index contributed by atoms with van der Waals surface area (Å²) in [5.74, 6) is 0.372. The first-order chi connectivity index (χ1) is 5.42. The van der Waals surface area contributed by atoms with Crippen LogP contribution < -0.4 is 4.74 Å². The SMILES string of the molecule is COc1ncnc2nonc12. The lowest BCUT2D eigenvalue weighted by atomic mass is 10.5. The summed E-state index contributed by atoms with van der Waals surface area (Å²) < 4.78 is 9.30. The average Bonchev–Trinajstić information content (AvgIpc) is 2.50. The van der Waals surface area contributed by atoms with E-state index in [4.69, 9.17) is 4.74 Å². The fraction of sp³-hybridized carbons (Fsp3) is 0.200. The fourth-order valence-electron chi connectivity index (χ4n) is 0.750. The van der Waals surface area contributed by atoms with E-state index in [2.05, 4.69) is 24.9 Å². The zero-order valence-electron chi connectivity index (χ0n) is 5.68. The van der Waals surface area contributed by atoms with Gasteiger partial charge < -0.3 is 4.74 Å². The Balaban J connectivity index is 2.79. The second-order valence-electron chi connectivity index (χ2n) is 1.82. The molecule has 2 heterocycles. The number of nitrogens with zero attached hydrogens (tertiary/aromatic N) is 4. The van der Waals surface area contributed by atoms with Gasteiger partial charge in [-0.2, -0.15) is 4.98 Å². The van der Waals surface area contributed by atoms with Gasteiger partial charge in [0.1, 0.15) is 6.33 Å². The Hall–Kier alpha value is -1.72. The van der Waals surface area contributed by atoms with Gasteiger partial charge >= 0.3 is 0 Å². The number of hydrogen-bond acceptors (Lipinski definition) is 6. The zero-order chi connectivity index (χ0) is 7.68. The van der Waals surface area contributed by atoms with Gasteiger partial charge in [0.05, 0.1) is 7.11 Å². The van der Waals surface area contributed by atoms with Gasteiger partial charge in [-0.1, -0.05) is 0 Å². The Kier molecular flexibility index (Phi) is 1.18. The normalized spacial score (nSPS) is 10.3. The summed E-state index contributed by atoms with van der Waals surface area (Å²) in [5, 5.41) is 7.06. The predicted octanol–water partition coefficient (Wildman–Crippen LogP) is 0.0214. The van der Waals surface area contributed by atoms with Crippen LogP contribution in [0.1, 0.15) is 0 Å². The molecule has 0 saturated heterocycles. The highest BCUT2D eigenvalue weighted by molar-refractivity contribution is 5.73. The molecule has 0 spiro atoms. The van der Waals surface area contributed by atoms with Gasteiger partial charge in [0, 0.05) is 0 Å². The molecule has 0 saturated carbocycles. The molecule has 56 valence electrons. The van der Waals surface area contributed by atoms with Crippen molar-refractivity contribution in [1.82, 2.24) is 20.3 Å². The third-order valence-electron chi connectivity index (χ3n) is 1.22. The highest BCUT2D eigenvalue weighted by Gasteiger charge is 2.07. The van der Waals surface area contributed by atoms with E-state index < -0.39 is 0 Å². The van der Waals surface area contributed by atoms with Crippen LogP contribution in [-0.4, -0.2) is 27.4 Å². The zero-order valence-corrected chi connectivity index (χ0v) is 5.68. The molecule has 0 atom stereocenters. The predicted molar refractivity (Wildman–Crippen MR) is 33.9 cm³/mol. The highest BCUT2D eigenvalue weighted by atomic mass is 16.6. The Morgan fingerprint density at radius 2 is 2.27 bits per heavy atom. The number of hydrogen-bond donors (Lipinski definition) is 0. The molecule has 0 aromatic carbocycles. The first kappa shape index (κ1) is 6.02. The van der Waals surface area contributed by atoms with Crippen LogP contribution in [0.5, 0.6) is 5.88 Å². The van der Waals surface area contributed by atoms with Crippen molar-refractivity contribution in [2.45, 2.75) is 0 Å². The van der Waals surface area contributed by atoms with Gasteiger partial charge in [-0.05, 0) is 10.3 Å². The highest BCUT2D eigenvalue weighted by Crippen LogP contribution is 2.15. The minimum Gasteiger partial charge on any atom is -0.479 e. The average molecular weight is 152 g/mol. The molecule has 0 amide bonds. The minimum atomic E-state index is 0.372. The van der Waals surface area contributed by atoms with E-state index in [1.54, 1.807) is 0 Å². The molecule has 0 aliphatic rings. The quantitative estimate of drug-likeness (QED) is 0.573. The van der Waals surface area contributed by atoms with Crippen molar-refractivity contribution in [2.24, 2.45) is 0 Å². The molecule has 2 aromatic heterocycles. The maximum Gasteiger partial charge on any atom is 0.248 e. The lowest BCUT2D eigenvalue weighted by Gasteiger charge is -1.93. The molecule has 11 heavy (non-hydrogen) atoms. The largest absolute Gasteiger partial charge is 0.479 e. The molecular formula is C5H4N4O2. The second kappa shape index (κ2) is 2.15. The molecule has 0 unspecified atom stereocenters. The van der Waals surface area contributed by atoms with Crippen molar-refractivity contribution >= 4 is 11.2 Å². The Morgan fingerprint density at radius 3 is 3.09 bits per heavy atom. The van der Waals surface area contributed by atoms with Gasteiger partial charge in [-0.15, -0.1) is 0 Å². The second-order valence-corrected chi connectivity index (χ2v) is 1.82. The maximum atomic E-state index is 4.87. The fourth-order valence-corrected chi connectivity index (χ4v) is 0.750. The van der Waals surface area contributed by atoms with Crippen LogP contribution in [0.25, 0.3) is 11.2 Å². The number of fused-ring (bicyclic) bond motifs is 1. The van der Waals surface area contributed by atoms with Gasteiger partial charge in [0.25, 0.3) is 0 Å². The number of ether oxygens (including phenoxy) is 1. The smallest absolute Gasteiger partial charge is 0.248 e. The van der Waals surface area contributed by atoms with Crippen LogP contribution in [0.3, 0.4) is 0 Å². The van der Waals surface area contributed by atoms with Crippen molar-refractivity contribution in [2.75, 3.05) is 7.11 Å². The van der Waals surface area contributed by atoms with Crippen LogP contribution in [-0.2, 0) is 0 Å². The van der Waals surface area contributed by atoms with Crippen molar-refractivity contribution in [3.05, 3.63) is 6.33 Å². The Labute approximate surface area is 61.2 Å². The van der Waals surface area contributed by atoms with Crippen molar-refractivity contribution in [3.8, 4) is 5.88 Å². The molecule has 0 N–H and O–H groups in total. The summed E-state index contributed by atoms with van der Waals surface area (Å²) in [5.41, 5.74) is 0.840. The molecular weight excluding hydrogens is 148 g/mol. The van der Waals surface area contributed by atoms with Crippen LogP contribution in [0.15, 0.2) is 11.0 Å².